The van der Waals surface area contributed by atoms with Crippen LogP contribution >= 0.6 is 0 Å². The van der Waals surface area contributed by atoms with Gasteiger partial charge in [0.15, 0.2) is 0 Å². The van der Waals surface area contributed by atoms with Crippen LogP contribution in [0, 0.1) is 5.92 Å². The van der Waals surface area contributed by atoms with Crippen LogP contribution in [0.15, 0.2) is 12.2 Å². The lowest BCUT2D eigenvalue weighted by molar-refractivity contribution is -0.123. The number of ether oxygens (including phenoxy) is 1. The topological polar surface area (TPSA) is 50.4 Å². The molecule has 1 aliphatic rings. The Morgan fingerprint density at radius 1 is 1.60 bits per heavy atom. The third-order valence-electron chi connectivity index (χ3n) is 4.35. The van der Waals surface area contributed by atoms with E-state index in [1.807, 2.05) is 6.92 Å². The Labute approximate surface area is 123 Å². The van der Waals surface area contributed by atoms with E-state index < -0.39 is 0 Å². The Balaban J connectivity index is 3.00. The van der Waals surface area contributed by atoms with Crippen molar-refractivity contribution in [2.75, 3.05) is 13.7 Å². The van der Waals surface area contributed by atoms with Crippen molar-refractivity contribution in [2.24, 2.45) is 5.92 Å². The van der Waals surface area contributed by atoms with Crippen LogP contribution in [-0.2, 0) is 9.53 Å². The highest BCUT2D eigenvalue weighted by Crippen LogP contribution is 2.30. The maximum atomic E-state index is 11.6. The molecule has 0 aliphatic carbocycles. The van der Waals surface area contributed by atoms with Crippen molar-refractivity contribution in [2.45, 2.75) is 64.6 Å². The first-order chi connectivity index (χ1) is 9.48. The number of hydrogen-bond donors (Lipinski definition) is 2. The van der Waals surface area contributed by atoms with Crippen LogP contribution < -0.4 is 10.6 Å². The summed E-state index contributed by atoms with van der Waals surface area (Å²) >= 11 is 0. The first-order valence-corrected chi connectivity index (χ1v) is 7.67. The molecule has 0 aromatic rings. The Bertz CT molecular complexity index is 343. The lowest BCUT2D eigenvalue weighted by atomic mass is 9.81. The second-order valence-corrected chi connectivity index (χ2v) is 5.90. The number of amides is 1. The fourth-order valence-electron chi connectivity index (χ4n) is 3.30. The van der Waals surface area contributed by atoms with Crippen LogP contribution in [0.3, 0.4) is 0 Å². The van der Waals surface area contributed by atoms with Crippen molar-refractivity contribution >= 4 is 5.91 Å². The predicted octanol–water partition coefficient (Wildman–Crippen LogP) is 2.25. The van der Waals surface area contributed by atoms with Gasteiger partial charge in [0.1, 0.15) is 0 Å². The molecule has 0 aromatic heterocycles. The van der Waals surface area contributed by atoms with Gasteiger partial charge in [0.05, 0.1) is 11.6 Å². The summed E-state index contributed by atoms with van der Waals surface area (Å²) in [6.45, 7) is 8.86. The van der Waals surface area contributed by atoms with Gasteiger partial charge in [-0.15, -0.1) is 0 Å². The molecule has 0 bridgehead atoms. The predicted molar refractivity (Wildman–Crippen MR) is 82.6 cm³/mol. The van der Waals surface area contributed by atoms with Gasteiger partial charge >= 0.3 is 0 Å². The lowest BCUT2D eigenvalue weighted by Crippen LogP contribution is -2.61. The van der Waals surface area contributed by atoms with Gasteiger partial charge in [0.25, 0.3) is 0 Å². The number of allylic oxidation sites excluding steroid dienone is 1. The fourth-order valence-corrected chi connectivity index (χ4v) is 3.30. The minimum atomic E-state index is -0.345. The second-order valence-electron chi connectivity index (χ2n) is 5.90. The first kappa shape index (κ1) is 17.2. The van der Waals surface area contributed by atoms with Crippen LogP contribution in [0.25, 0.3) is 0 Å². The monoisotopic (exact) mass is 282 g/mol. The summed E-state index contributed by atoms with van der Waals surface area (Å²) in [4.78, 5) is 11.6. The van der Waals surface area contributed by atoms with Gasteiger partial charge in [-0.05, 0) is 39.2 Å². The average Bonchev–Trinajstić information content (AvgIpc) is 2.84. The van der Waals surface area contributed by atoms with Gasteiger partial charge in [-0.25, -0.2) is 0 Å². The molecular formula is C16H30N2O2. The molecule has 1 saturated heterocycles. The quantitative estimate of drug-likeness (QED) is 0.704. The summed E-state index contributed by atoms with van der Waals surface area (Å²) in [5.41, 5.74) is -0.345. The van der Waals surface area contributed by atoms with Crippen LogP contribution in [0.1, 0.15) is 47.0 Å². The van der Waals surface area contributed by atoms with E-state index in [1.54, 1.807) is 14.0 Å². The molecule has 116 valence electrons. The zero-order valence-corrected chi connectivity index (χ0v) is 13.5. The molecular weight excluding hydrogens is 252 g/mol. The third-order valence-corrected chi connectivity index (χ3v) is 4.35. The highest BCUT2D eigenvalue weighted by Gasteiger charge is 2.43. The standard InChI is InChI=1S/C16H30N2O2/c1-6-8-13-9-11-17-14(13)15(18-12(3)19)16(4,20-5)10-7-2/h6,8,13-15,17H,7,9-11H2,1-5H3,(H,18,19)/t13-,14-,15-,16+/m1/s1. The van der Waals surface area contributed by atoms with E-state index in [4.69, 9.17) is 4.74 Å². The van der Waals surface area contributed by atoms with Crippen molar-refractivity contribution in [3.63, 3.8) is 0 Å². The number of rotatable bonds is 7. The van der Waals surface area contributed by atoms with Crippen molar-refractivity contribution < 1.29 is 9.53 Å². The number of carbonyl (C=O) groups is 1. The van der Waals surface area contributed by atoms with E-state index in [0.29, 0.717) is 5.92 Å². The number of methoxy groups -OCH3 is 1. The molecule has 1 amide bonds. The summed E-state index contributed by atoms with van der Waals surface area (Å²) in [7, 11) is 1.74. The van der Waals surface area contributed by atoms with E-state index in [0.717, 1.165) is 25.8 Å². The van der Waals surface area contributed by atoms with E-state index in [2.05, 4.69) is 36.6 Å². The van der Waals surface area contributed by atoms with Crippen molar-refractivity contribution in [1.82, 2.24) is 10.6 Å². The molecule has 4 nitrogen and oxygen atoms in total. The minimum absolute atomic E-state index is 0.00214. The van der Waals surface area contributed by atoms with E-state index in [-0.39, 0.29) is 23.6 Å². The van der Waals surface area contributed by atoms with E-state index in [9.17, 15) is 4.79 Å². The average molecular weight is 282 g/mol. The van der Waals surface area contributed by atoms with E-state index in [1.165, 1.54) is 0 Å². The molecule has 0 unspecified atom stereocenters. The van der Waals surface area contributed by atoms with Crippen LogP contribution in [0.5, 0.6) is 0 Å². The number of nitrogens with one attached hydrogen (secondary N) is 2. The molecule has 4 heteroatoms. The van der Waals surface area contributed by atoms with Crippen LogP contribution in [0.4, 0.5) is 0 Å². The maximum absolute atomic E-state index is 11.6. The summed E-state index contributed by atoms with van der Waals surface area (Å²) < 4.78 is 5.80. The zero-order valence-electron chi connectivity index (χ0n) is 13.5. The molecule has 0 spiro atoms. The second kappa shape index (κ2) is 7.79. The molecule has 1 aliphatic heterocycles. The molecule has 0 radical (unpaired) electrons. The minimum Gasteiger partial charge on any atom is -0.376 e. The van der Waals surface area contributed by atoms with Gasteiger partial charge in [-0.2, -0.15) is 0 Å². The highest BCUT2D eigenvalue weighted by atomic mass is 16.5. The van der Waals surface area contributed by atoms with Crippen molar-refractivity contribution in [3.05, 3.63) is 12.2 Å². The normalized spacial score (nSPS) is 27.4. The Hall–Kier alpha value is -0.870. The van der Waals surface area contributed by atoms with Gasteiger partial charge in [-0.1, -0.05) is 25.5 Å². The maximum Gasteiger partial charge on any atom is 0.217 e. The van der Waals surface area contributed by atoms with Gasteiger partial charge in [0, 0.05) is 20.1 Å². The molecule has 1 heterocycles. The highest BCUT2D eigenvalue weighted by molar-refractivity contribution is 5.73. The summed E-state index contributed by atoms with van der Waals surface area (Å²) in [6.07, 6.45) is 7.40. The number of hydrogen-bond acceptors (Lipinski definition) is 3. The van der Waals surface area contributed by atoms with Crippen LogP contribution in [0.2, 0.25) is 0 Å². The largest absolute Gasteiger partial charge is 0.376 e. The third kappa shape index (κ3) is 4.06. The van der Waals surface area contributed by atoms with Crippen molar-refractivity contribution in [3.8, 4) is 0 Å². The van der Waals surface area contributed by atoms with E-state index >= 15 is 0 Å². The smallest absolute Gasteiger partial charge is 0.217 e. The molecule has 0 aromatic carbocycles. The summed E-state index contributed by atoms with van der Waals surface area (Å²) in [5, 5.41) is 6.68. The van der Waals surface area contributed by atoms with Crippen molar-refractivity contribution in [1.29, 1.82) is 0 Å². The van der Waals surface area contributed by atoms with Gasteiger partial charge in [0.2, 0.25) is 5.91 Å². The Morgan fingerprint density at radius 3 is 2.80 bits per heavy atom. The Kier molecular flexibility index (Phi) is 6.69. The lowest BCUT2D eigenvalue weighted by Gasteiger charge is -2.41. The number of carbonyl (C=O) groups excluding carboxylic acids is 1. The SMILES string of the molecule is CC=C[C@@H]1CCN[C@H]1[C@@H](NC(C)=O)[C@](C)(CCC)OC. The summed E-state index contributed by atoms with van der Waals surface area (Å²) in [6, 6.07) is 0.209. The van der Waals surface area contributed by atoms with Gasteiger partial charge in [-0.3, -0.25) is 4.79 Å². The van der Waals surface area contributed by atoms with Gasteiger partial charge < -0.3 is 15.4 Å². The molecule has 2 N–H and O–H groups in total. The Morgan fingerprint density at radius 2 is 2.30 bits per heavy atom. The zero-order chi connectivity index (χ0) is 15.2. The molecule has 4 atom stereocenters. The first-order valence-electron chi connectivity index (χ1n) is 7.67. The molecule has 0 saturated carbocycles. The summed E-state index contributed by atoms with van der Waals surface area (Å²) in [5.74, 6) is 0.450. The molecule has 20 heavy (non-hydrogen) atoms. The van der Waals surface area contributed by atoms with Crippen LogP contribution in [-0.4, -0.2) is 37.2 Å². The molecule has 1 rings (SSSR count). The fraction of sp³-hybridized carbons (Fsp3) is 0.812. The molecule has 1 fully saturated rings.